The van der Waals surface area contributed by atoms with Gasteiger partial charge in [0.2, 0.25) is 15.9 Å². The zero-order valence-electron chi connectivity index (χ0n) is 18.0. The molecule has 2 aliphatic rings. The van der Waals surface area contributed by atoms with Crippen LogP contribution in [0, 0.1) is 11.3 Å². The van der Waals surface area contributed by atoms with Gasteiger partial charge in [0.1, 0.15) is 0 Å². The van der Waals surface area contributed by atoms with Gasteiger partial charge in [-0.25, -0.2) is 17.5 Å². The first-order valence-corrected chi connectivity index (χ1v) is 11.9. The number of aliphatic carboxylic acids is 1. The first kappa shape index (κ1) is 26.0. The number of carboxylic acids is 1. The van der Waals surface area contributed by atoms with Crippen molar-refractivity contribution in [2.75, 3.05) is 25.9 Å². The zero-order valence-corrected chi connectivity index (χ0v) is 18.8. The summed E-state index contributed by atoms with van der Waals surface area (Å²) < 4.78 is 58.1. The highest BCUT2D eigenvalue weighted by molar-refractivity contribution is 7.89. The first-order chi connectivity index (χ1) is 14.8. The maximum Gasteiger partial charge on any atom is 0.490 e. The normalized spacial score (nSPS) is 22.8. The molecule has 3 rings (SSSR count). The molecule has 0 bridgehead atoms. The number of halogens is 3. The Morgan fingerprint density at radius 3 is 2.53 bits per heavy atom. The molecule has 1 amide bonds. The van der Waals surface area contributed by atoms with Crippen LogP contribution in [0.1, 0.15) is 38.3 Å². The van der Waals surface area contributed by atoms with Crippen LogP contribution in [0.3, 0.4) is 0 Å². The Labute approximate surface area is 185 Å². The lowest BCUT2D eigenvalue weighted by atomic mass is 10.0. The predicted molar refractivity (Wildman–Crippen MR) is 110 cm³/mol. The maximum absolute atomic E-state index is 12.7. The summed E-state index contributed by atoms with van der Waals surface area (Å²) >= 11 is 0. The number of rotatable bonds is 7. The zero-order chi connectivity index (χ0) is 24.2. The molecular formula is C20H28F3N3O5S. The van der Waals surface area contributed by atoms with E-state index in [2.05, 4.69) is 4.98 Å². The highest BCUT2D eigenvalue weighted by Gasteiger charge is 2.62. The van der Waals surface area contributed by atoms with Gasteiger partial charge in [0.25, 0.3) is 0 Å². The molecule has 2 fully saturated rings. The second-order valence-electron chi connectivity index (χ2n) is 8.19. The van der Waals surface area contributed by atoms with Crippen molar-refractivity contribution >= 4 is 21.9 Å². The van der Waals surface area contributed by atoms with Gasteiger partial charge in [-0.05, 0) is 36.8 Å². The third-order valence-corrected chi connectivity index (χ3v) is 7.63. The third kappa shape index (κ3) is 6.64. The summed E-state index contributed by atoms with van der Waals surface area (Å²) in [6.45, 7) is 3.55. The fourth-order valence-electron chi connectivity index (χ4n) is 3.78. The highest BCUT2D eigenvalue weighted by Crippen LogP contribution is 2.59. The summed E-state index contributed by atoms with van der Waals surface area (Å²) in [5, 5.41) is 7.12. The van der Waals surface area contributed by atoms with Crippen LogP contribution in [0.15, 0.2) is 24.4 Å². The molecule has 1 aromatic heterocycles. The van der Waals surface area contributed by atoms with Gasteiger partial charge >= 0.3 is 12.1 Å². The van der Waals surface area contributed by atoms with Gasteiger partial charge in [-0.3, -0.25) is 9.78 Å². The lowest BCUT2D eigenvalue weighted by Gasteiger charge is -2.19. The molecule has 2 heterocycles. The number of hydrogen-bond donors (Lipinski definition) is 1. The third-order valence-electron chi connectivity index (χ3n) is 5.73. The van der Waals surface area contributed by atoms with E-state index in [1.54, 1.807) is 22.4 Å². The van der Waals surface area contributed by atoms with Crippen LogP contribution >= 0.6 is 0 Å². The number of aromatic nitrogens is 1. The topological polar surface area (TPSA) is 108 Å². The Bertz CT molecular complexity index is 911. The number of alkyl halides is 3. The van der Waals surface area contributed by atoms with Crippen LogP contribution in [0.2, 0.25) is 0 Å². The summed E-state index contributed by atoms with van der Waals surface area (Å²) in [4.78, 5) is 27.6. The van der Waals surface area contributed by atoms with Crippen LogP contribution in [0.4, 0.5) is 13.2 Å². The minimum atomic E-state index is -5.08. The van der Waals surface area contributed by atoms with E-state index in [0.29, 0.717) is 26.1 Å². The predicted octanol–water partition coefficient (Wildman–Crippen LogP) is 2.52. The molecule has 32 heavy (non-hydrogen) atoms. The van der Waals surface area contributed by atoms with Gasteiger partial charge < -0.3 is 10.0 Å². The summed E-state index contributed by atoms with van der Waals surface area (Å²) in [7, 11) is -1.37. The largest absolute Gasteiger partial charge is 0.490 e. The lowest BCUT2D eigenvalue weighted by Crippen LogP contribution is -2.33. The van der Waals surface area contributed by atoms with Crippen LogP contribution in [-0.4, -0.2) is 71.7 Å². The Morgan fingerprint density at radius 1 is 1.34 bits per heavy atom. The molecule has 1 aliphatic carbocycles. The van der Waals surface area contributed by atoms with Crippen molar-refractivity contribution in [1.29, 1.82) is 0 Å². The number of amides is 1. The maximum atomic E-state index is 12.7. The lowest BCUT2D eigenvalue weighted by molar-refractivity contribution is -0.192. The number of pyridine rings is 1. The Morgan fingerprint density at radius 2 is 2.00 bits per heavy atom. The molecule has 0 aromatic carbocycles. The van der Waals surface area contributed by atoms with Gasteiger partial charge in [-0.15, -0.1) is 0 Å². The van der Waals surface area contributed by atoms with E-state index in [1.165, 1.54) is 0 Å². The van der Waals surface area contributed by atoms with Gasteiger partial charge in [0, 0.05) is 32.3 Å². The Balaban J connectivity index is 0.000000451. The minimum Gasteiger partial charge on any atom is -0.475 e. The number of carbonyl (C=O) groups excluding carboxylic acids is 1. The number of sulfonamides is 1. The average Bonchev–Trinajstić information content (AvgIpc) is 3.24. The van der Waals surface area contributed by atoms with E-state index >= 15 is 0 Å². The molecule has 0 radical (unpaired) electrons. The molecule has 1 aromatic rings. The summed E-state index contributed by atoms with van der Waals surface area (Å²) in [5.74, 6) is -2.48. The van der Waals surface area contributed by atoms with Gasteiger partial charge in [-0.2, -0.15) is 13.2 Å². The van der Waals surface area contributed by atoms with Crippen molar-refractivity contribution in [2.45, 2.75) is 45.3 Å². The van der Waals surface area contributed by atoms with Crippen LogP contribution < -0.4 is 0 Å². The molecule has 1 aliphatic heterocycles. The fraction of sp³-hybridized carbons (Fsp3) is 0.650. The van der Waals surface area contributed by atoms with E-state index in [9.17, 15) is 26.4 Å². The number of hydrogen-bond acceptors (Lipinski definition) is 5. The molecule has 12 heteroatoms. The highest BCUT2D eigenvalue weighted by atomic mass is 32.2. The smallest absolute Gasteiger partial charge is 0.475 e. The van der Waals surface area contributed by atoms with Crippen LogP contribution in [0.25, 0.3) is 0 Å². The quantitative estimate of drug-likeness (QED) is 0.644. The summed E-state index contributed by atoms with van der Waals surface area (Å²) in [5.41, 5.74) is 0.734. The molecule has 1 spiro atoms. The van der Waals surface area contributed by atoms with Gasteiger partial charge in [-0.1, -0.05) is 19.4 Å². The molecule has 2 atom stereocenters. The number of carboxylic acid groups (broad SMARTS) is 1. The Kier molecular flexibility index (Phi) is 8.27. The molecule has 180 valence electrons. The monoisotopic (exact) mass is 479 g/mol. The van der Waals surface area contributed by atoms with Crippen LogP contribution in [-0.2, 0) is 26.2 Å². The van der Waals surface area contributed by atoms with Crippen molar-refractivity contribution in [3.8, 4) is 0 Å². The fourth-order valence-corrected chi connectivity index (χ4v) is 5.51. The van der Waals surface area contributed by atoms with Crippen molar-refractivity contribution < 1.29 is 36.3 Å². The molecule has 8 nitrogen and oxygen atoms in total. The SMILES string of the molecule is CCCCS(=O)(=O)N1CCC2(CC2C(=O)N(C)Cc2ccccn2)C1.O=C(O)C(F)(F)F. The van der Waals surface area contributed by atoms with E-state index < -0.39 is 22.2 Å². The summed E-state index contributed by atoms with van der Waals surface area (Å²) in [6.07, 6.45) is -0.189. The second kappa shape index (κ2) is 10.2. The standard InChI is InChI=1S/C18H27N3O3S.C2HF3O2/c1-3-4-11-25(23,24)21-10-8-18(14-21)12-16(18)17(22)20(2)13-15-7-5-6-9-19-15;3-2(4,5)1(6)7/h5-7,9,16H,3-4,8,10-14H2,1-2H3;(H,6,7). The molecule has 1 saturated carbocycles. The minimum absolute atomic E-state index is 0.0485. The van der Waals surface area contributed by atoms with Crippen LogP contribution in [0.5, 0.6) is 0 Å². The molecule has 2 unspecified atom stereocenters. The van der Waals surface area contributed by atoms with E-state index in [0.717, 1.165) is 25.0 Å². The first-order valence-electron chi connectivity index (χ1n) is 10.3. The van der Waals surface area contributed by atoms with Gasteiger partial charge in [0.05, 0.1) is 18.0 Å². The van der Waals surface area contributed by atoms with E-state index in [4.69, 9.17) is 9.90 Å². The van der Waals surface area contributed by atoms with Crippen molar-refractivity contribution in [3.05, 3.63) is 30.1 Å². The van der Waals surface area contributed by atoms with Crippen molar-refractivity contribution in [2.24, 2.45) is 11.3 Å². The number of carbonyl (C=O) groups is 2. The second-order valence-corrected chi connectivity index (χ2v) is 10.3. The molecular weight excluding hydrogens is 451 g/mol. The van der Waals surface area contributed by atoms with Gasteiger partial charge in [0.15, 0.2) is 0 Å². The summed E-state index contributed by atoms with van der Waals surface area (Å²) in [6, 6.07) is 5.67. The van der Waals surface area contributed by atoms with E-state index in [1.807, 2.05) is 25.1 Å². The van der Waals surface area contributed by atoms with Crippen molar-refractivity contribution in [3.63, 3.8) is 0 Å². The Hall–Kier alpha value is -2.21. The van der Waals surface area contributed by atoms with E-state index in [-0.39, 0.29) is 23.0 Å². The molecule has 1 N–H and O–H groups in total. The average molecular weight is 480 g/mol. The number of nitrogens with zero attached hydrogens (tertiary/aromatic N) is 3. The number of unbranched alkanes of at least 4 members (excludes halogenated alkanes) is 1. The van der Waals surface area contributed by atoms with Crippen molar-refractivity contribution in [1.82, 2.24) is 14.2 Å². The molecule has 1 saturated heterocycles.